The van der Waals surface area contributed by atoms with Crippen LogP contribution in [0, 0.1) is 5.41 Å². The minimum Gasteiger partial charge on any atom is -0.463 e. The fraction of sp³-hybridized carbons (Fsp3) is 0.706. The molecule has 0 radical (unpaired) electrons. The normalized spacial score (nSPS) is 11.9. The molecule has 0 spiro atoms. The van der Waals surface area contributed by atoms with Gasteiger partial charge in [-0.3, -0.25) is 14.4 Å². The minimum atomic E-state index is -1.25. The van der Waals surface area contributed by atoms with E-state index in [0.29, 0.717) is 0 Å². The summed E-state index contributed by atoms with van der Waals surface area (Å²) in [6.45, 7) is 6.97. The molecular weight excluding hydrogens is 346 g/mol. The van der Waals surface area contributed by atoms with Crippen molar-refractivity contribution in [2.24, 2.45) is 5.41 Å². The lowest BCUT2D eigenvalue weighted by atomic mass is 9.92. The second kappa shape index (κ2) is 11.2. The first-order valence-electron chi connectivity index (χ1n) is 8.15. The molecule has 0 aromatic rings. The molecule has 9 heteroatoms. The summed E-state index contributed by atoms with van der Waals surface area (Å²) in [6.07, 6.45) is 0.0380. The summed E-state index contributed by atoms with van der Waals surface area (Å²) in [6, 6.07) is -1.25. The molecule has 0 aliphatic heterocycles. The average Bonchev–Trinajstić information content (AvgIpc) is 2.46. The van der Waals surface area contributed by atoms with E-state index in [0.717, 1.165) is 6.92 Å². The van der Waals surface area contributed by atoms with Crippen LogP contribution in [0.3, 0.4) is 0 Å². The van der Waals surface area contributed by atoms with Crippen LogP contribution in [0.15, 0.2) is 0 Å². The van der Waals surface area contributed by atoms with E-state index in [4.69, 9.17) is 9.47 Å². The summed E-state index contributed by atoms with van der Waals surface area (Å²) in [5.74, 6) is -2.82. The molecule has 0 aliphatic rings. The van der Waals surface area contributed by atoms with Gasteiger partial charge in [-0.25, -0.2) is 4.79 Å². The Bertz CT molecular complexity index is 535. The molecule has 0 rings (SSSR count). The molecule has 0 aliphatic carbocycles. The zero-order valence-corrected chi connectivity index (χ0v) is 15.9. The van der Waals surface area contributed by atoms with Crippen LogP contribution < -0.4 is 5.32 Å². The number of hydrogen-bond acceptors (Lipinski definition) is 8. The van der Waals surface area contributed by atoms with Gasteiger partial charge < -0.3 is 24.3 Å². The summed E-state index contributed by atoms with van der Waals surface area (Å²) in [4.78, 5) is 57.2. The Morgan fingerprint density at radius 1 is 0.923 bits per heavy atom. The van der Waals surface area contributed by atoms with Gasteiger partial charge in [0.25, 0.3) is 0 Å². The Labute approximate surface area is 152 Å². The molecule has 0 aromatic heterocycles. The third-order valence-corrected chi connectivity index (χ3v) is 2.87. The van der Waals surface area contributed by atoms with Crippen LogP contribution in [0.2, 0.25) is 0 Å². The Balaban J connectivity index is 4.73. The third-order valence-electron chi connectivity index (χ3n) is 2.87. The number of ketones is 1. The average molecular weight is 373 g/mol. The van der Waals surface area contributed by atoms with Crippen molar-refractivity contribution in [1.29, 1.82) is 0 Å². The van der Waals surface area contributed by atoms with Gasteiger partial charge in [0, 0.05) is 19.8 Å². The number of hydrogen-bond donors (Lipinski definition) is 1. The van der Waals surface area contributed by atoms with Crippen LogP contribution in [-0.4, -0.2) is 49.0 Å². The largest absolute Gasteiger partial charge is 0.463 e. The number of rotatable bonds is 10. The number of carbonyl (C=O) groups excluding carboxylic acids is 5. The fourth-order valence-electron chi connectivity index (χ4n) is 1.69. The number of nitrogens with one attached hydrogen (secondary N) is 1. The van der Waals surface area contributed by atoms with Crippen molar-refractivity contribution in [3.05, 3.63) is 0 Å². The quantitative estimate of drug-likeness (QED) is 0.442. The predicted molar refractivity (Wildman–Crippen MR) is 89.6 cm³/mol. The predicted octanol–water partition coefficient (Wildman–Crippen LogP) is 0.884. The van der Waals surface area contributed by atoms with Gasteiger partial charge in [0.2, 0.25) is 12.7 Å². The lowest BCUT2D eigenvalue weighted by Gasteiger charge is -2.21. The fourth-order valence-corrected chi connectivity index (χ4v) is 1.69. The third kappa shape index (κ3) is 12.9. The lowest BCUT2D eigenvalue weighted by molar-refractivity contribution is -0.169. The van der Waals surface area contributed by atoms with Crippen molar-refractivity contribution in [2.75, 3.05) is 13.4 Å². The highest BCUT2D eigenvalue weighted by Crippen LogP contribution is 2.18. The number of esters is 3. The molecule has 0 heterocycles. The highest BCUT2D eigenvalue weighted by Gasteiger charge is 2.26. The molecular formula is C17H27NO8. The summed E-state index contributed by atoms with van der Waals surface area (Å²) in [7, 11) is 0. The monoisotopic (exact) mass is 373 g/mol. The Morgan fingerprint density at radius 2 is 1.54 bits per heavy atom. The molecule has 1 N–H and O–H groups in total. The van der Waals surface area contributed by atoms with Crippen molar-refractivity contribution in [1.82, 2.24) is 5.32 Å². The topological polar surface area (TPSA) is 125 Å². The number of amides is 1. The highest BCUT2D eigenvalue weighted by atomic mass is 16.7. The molecule has 0 fully saturated rings. The van der Waals surface area contributed by atoms with Crippen molar-refractivity contribution in [2.45, 2.75) is 59.9 Å². The van der Waals surface area contributed by atoms with Crippen molar-refractivity contribution < 1.29 is 38.2 Å². The Morgan fingerprint density at radius 3 is 2.04 bits per heavy atom. The summed E-state index contributed by atoms with van der Waals surface area (Å²) < 4.78 is 14.2. The second-order valence-corrected chi connectivity index (χ2v) is 6.96. The van der Waals surface area contributed by atoms with E-state index in [2.05, 4.69) is 10.1 Å². The lowest BCUT2D eigenvalue weighted by Crippen LogP contribution is -2.46. The van der Waals surface area contributed by atoms with E-state index in [1.165, 1.54) is 6.92 Å². The first-order chi connectivity index (χ1) is 11.9. The minimum absolute atomic E-state index is 0.0246. The van der Waals surface area contributed by atoms with Gasteiger partial charge in [-0.1, -0.05) is 20.8 Å². The van der Waals surface area contributed by atoms with Crippen LogP contribution in [0.4, 0.5) is 0 Å². The molecule has 1 amide bonds. The maximum absolute atomic E-state index is 12.0. The Kier molecular flexibility index (Phi) is 10.2. The SMILES string of the molecule is CC(=O)CCC(=O)OCC(NC(=O)CC(C)(C)C)C(=O)OCOC(C)=O. The molecule has 0 saturated carbocycles. The van der Waals surface area contributed by atoms with Crippen LogP contribution in [0.5, 0.6) is 0 Å². The first-order valence-corrected chi connectivity index (χ1v) is 8.15. The van der Waals surface area contributed by atoms with Crippen molar-refractivity contribution >= 4 is 29.6 Å². The zero-order chi connectivity index (χ0) is 20.3. The number of ether oxygens (including phenoxy) is 3. The van der Waals surface area contributed by atoms with E-state index in [1.54, 1.807) is 0 Å². The molecule has 9 nitrogen and oxygen atoms in total. The van der Waals surface area contributed by atoms with Crippen LogP contribution in [-0.2, 0) is 38.2 Å². The van der Waals surface area contributed by atoms with E-state index in [1.807, 2.05) is 20.8 Å². The molecule has 1 atom stereocenters. The number of carbonyl (C=O) groups is 5. The first kappa shape index (κ1) is 23.5. The van der Waals surface area contributed by atoms with Crippen molar-refractivity contribution in [3.8, 4) is 0 Å². The summed E-state index contributed by atoms with van der Waals surface area (Å²) in [5, 5.41) is 2.43. The van der Waals surface area contributed by atoms with Gasteiger partial charge in [0.1, 0.15) is 12.4 Å². The van der Waals surface area contributed by atoms with E-state index in [9.17, 15) is 24.0 Å². The Hall–Kier alpha value is -2.45. The summed E-state index contributed by atoms with van der Waals surface area (Å²) >= 11 is 0. The van der Waals surface area contributed by atoms with Crippen LogP contribution in [0.25, 0.3) is 0 Å². The van der Waals surface area contributed by atoms with E-state index in [-0.39, 0.29) is 30.5 Å². The van der Waals surface area contributed by atoms with Crippen LogP contribution >= 0.6 is 0 Å². The van der Waals surface area contributed by atoms with Crippen molar-refractivity contribution in [3.63, 3.8) is 0 Å². The van der Waals surface area contributed by atoms with E-state index >= 15 is 0 Å². The molecule has 1 unspecified atom stereocenters. The zero-order valence-electron chi connectivity index (χ0n) is 15.9. The highest BCUT2D eigenvalue weighted by molar-refractivity contribution is 5.85. The summed E-state index contributed by atoms with van der Waals surface area (Å²) in [5.41, 5.74) is -0.311. The maximum atomic E-state index is 12.0. The molecule has 0 aromatic carbocycles. The van der Waals surface area contributed by atoms with Gasteiger partial charge in [-0.15, -0.1) is 0 Å². The maximum Gasteiger partial charge on any atom is 0.335 e. The van der Waals surface area contributed by atoms with Gasteiger partial charge in [-0.05, 0) is 12.3 Å². The molecule has 0 saturated heterocycles. The standard InChI is InChI=1S/C17H27NO8/c1-11(19)6-7-15(22)24-9-13(16(23)26-10-25-12(2)20)18-14(21)8-17(3,4)5/h13H,6-10H2,1-5H3,(H,18,21). The van der Waals surface area contributed by atoms with Gasteiger partial charge >= 0.3 is 17.9 Å². The molecule has 0 bridgehead atoms. The van der Waals surface area contributed by atoms with E-state index < -0.39 is 43.3 Å². The molecule has 148 valence electrons. The molecule has 26 heavy (non-hydrogen) atoms. The second-order valence-electron chi connectivity index (χ2n) is 6.96. The van der Waals surface area contributed by atoms with Gasteiger partial charge in [0.15, 0.2) is 6.04 Å². The smallest absolute Gasteiger partial charge is 0.335 e. The number of Topliss-reactive ketones (excluding diaryl/α,β-unsaturated/α-hetero) is 1. The van der Waals surface area contributed by atoms with Crippen LogP contribution in [0.1, 0.15) is 53.9 Å². The van der Waals surface area contributed by atoms with Gasteiger partial charge in [0.05, 0.1) is 6.42 Å². The van der Waals surface area contributed by atoms with Gasteiger partial charge in [-0.2, -0.15) is 0 Å².